The fraction of sp³-hybridized carbons (Fsp3) is 0.556. The average Bonchev–Trinajstić information content (AvgIpc) is 2.71. The van der Waals surface area contributed by atoms with E-state index in [4.69, 9.17) is 4.74 Å². The van der Waals surface area contributed by atoms with E-state index in [2.05, 4.69) is 13.4 Å². The summed E-state index contributed by atoms with van der Waals surface area (Å²) in [6.07, 6.45) is -5.89. The van der Waals surface area contributed by atoms with Crippen LogP contribution in [0.25, 0.3) is 0 Å². The summed E-state index contributed by atoms with van der Waals surface area (Å²) in [5, 5.41) is 0. The van der Waals surface area contributed by atoms with Crippen molar-refractivity contribution in [1.82, 2.24) is 15.7 Å². The second-order valence-corrected chi connectivity index (χ2v) is 7.91. The highest BCUT2D eigenvalue weighted by Gasteiger charge is 2.54. The molecule has 6 N–H and O–H groups in total. The summed E-state index contributed by atoms with van der Waals surface area (Å²) in [6.45, 7) is -0.701. The molecule has 2 fully saturated rings. The third-order valence-corrected chi connectivity index (χ3v) is 5.89. The fourth-order valence-electron chi connectivity index (χ4n) is 2.30. The molecular weight excluding hydrogens is 391 g/mol. The van der Waals surface area contributed by atoms with Crippen LogP contribution in [0, 0.1) is 0 Å². The molecule has 16 heteroatoms. The number of hydrogen-bond donors (Lipinski definition) is 4. The molecule has 6 atom stereocenters. The molecular formula is C9H14FN3O10P2. The summed E-state index contributed by atoms with van der Waals surface area (Å²) in [7, 11) is -10.0. The molecule has 1 aromatic heterocycles. The van der Waals surface area contributed by atoms with Gasteiger partial charge in [-0.05, 0) is 0 Å². The molecule has 3 heterocycles. The Hall–Kier alpha value is -1.21. The van der Waals surface area contributed by atoms with Gasteiger partial charge in [0.25, 0.3) is 5.56 Å². The van der Waals surface area contributed by atoms with E-state index >= 15 is 0 Å². The molecule has 0 saturated carbocycles. The molecule has 2 aliphatic heterocycles. The van der Waals surface area contributed by atoms with Gasteiger partial charge in [0.1, 0.15) is 12.2 Å². The Morgan fingerprint density at radius 2 is 1.96 bits per heavy atom. The van der Waals surface area contributed by atoms with E-state index in [1.54, 1.807) is 0 Å². The van der Waals surface area contributed by atoms with Gasteiger partial charge in [-0.3, -0.25) is 23.4 Å². The van der Waals surface area contributed by atoms with Crippen LogP contribution in [0.4, 0.5) is 4.39 Å². The van der Waals surface area contributed by atoms with Gasteiger partial charge in [-0.1, -0.05) is 0 Å². The number of fused-ring (bicyclic) bond motifs is 1. The van der Waals surface area contributed by atoms with Crippen LogP contribution in [0.3, 0.4) is 0 Å². The van der Waals surface area contributed by atoms with Gasteiger partial charge in [0.15, 0.2) is 12.4 Å². The van der Waals surface area contributed by atoms with Crippen molar-refractivity contribution in [2.45, 2.75) is 24.6 Å². The maximum Gasteiger partial charge on any atom is 0.481 e. The van der Waals surface area contributed by atoms with Gasteiger partial charge in [-0.15, -0.1) is 0 Å². The summed E-state index contributed by atoms with van der Waals surface area (Å²) < 4.78 is 56.4. The first-order chi connectivity index (χ1) is 11.1. The molecule has 0 amide bonds. The zero-order valence-corrected chi connectivity index (χ0v) is 14.0. The molecule has 1 aromatic rings. The predicted molar refractivity (Wildman–Crippen MR) is 76.7 cm³/mol. The van der Waals surface area contributed by atoms with Crippen molar-refractivity contribution < 1.29 is 41.4 Å². The Morgan fingerprint density at radius 1 is 1.28 bits per heavy atom. The lowest BCUT2D eigenvalue weighted by molar-refractivity contribution is -0.0527. The SMILES string of the molecule is N.O=c1ccn([C@@H]2O[C@@H]3COP(=O)(O)OP(=O)(O)O[C@H]3[C@@H]2F)c(=O)[nH]1. The number of rotatable bonds is 1. The molecule has 142 valence electrons. The minimum absolute atomic E-state index is 0. The number of ether oxygens (including phenoxy) is 1. The van der Waals surface area contributed by atoms with E-state index in [0.29, 0.717) is 4.57 Å². The van der Waals surface area contributed by atoms with Crippen molar-refractivity contribution in [3.63, 3.8) is 0 Å². The number of alkyl halides is 1. The molecule has 0 radical (unpaired) electrons. The van der Waals surface area contributed by atoms with Crippen molar-refractivity contribution in [1.29, 1.82) is 0 Å². The smallest absolute Gasteiger partial charge is 0.346 e. The van der Waals surface area contributed by atoms with Crippen LogP contribution in [0.1, 0.15) is 6.23 Å². The lowest BCUT2D eigenvalue weighted by Crippen LogP contribution is -2.37. The highest BCUT2D eigenvalue weighted by atomic mass is 31.3. The first kappa shape index (κ1) is 20.1. The number of halogens is 1. The zero-order valence-electron chi connectivity index (χ0n) is 12.3. The Bertz CT molecular complexity index is 857. The molecule has 0 aromatic carbocycles. The average molecular weight is 405 g/mol. The van der Waals surface area contributed by atoms with Crippen LogP contribution in [-0.2, 0) is 27.2 Å². The third kappa shape index (κ3) is 4.14. The minimum atomic E-state index is -5.13. The van der Waals surface area contributed by atoms with Crippen molar-refractivity contribution in [2.24, 2.45) is 0 Å². The van der Waals surface area contributed by atoms with Crippen LogP contribution in [0.2, 0.25) is 0 Å². The Morgan fingerprint density at radius 3 is 2.60 bits per heavy atom. The molecule has 13 nitrogen and oxygen atoms in total. The monoisotopic (exact) mass is 405 g/mol. The lowest BCUT2D eigenvalue weighted by atomic mass is 10.1. The summed E-state index contributed by atoms with van der Waals surface area (Å²) in [5.74, 6) is 0. The topological polar surface area (TPSA) is 201 Å². The second kappa shape index (κ2) is 6.83. The number of phosphoric acid groups is 2. The van der Waals surface area contributed by atoms with E-state index in [1.165, 1.54) is 0 Å². The van der Waals surface area contributed by atoms with Crippen LogP contribution >= 0.6 is 15.6 Å². The molecule has 2 saturated heterocycles. The van der Waals surface area contributed by atoms with E-state index in [9.17, 15) is 32.9 Å². The standard InChI is InChI=1S/C9H11FN2O10P2.H3N/c10-6-7-4(3-19-23(15,16)22-24(17,18)21-7)20-8(6)12-2-1-5(13)11-9(12)14;/h1-2,4,6-8H,3H2,(H,15,16)(H,17,18)(H,11,13,14);1H3/t4-,6+,7-,8-;/m1./s1. The number of nitrogens with one attached hydrogen (secondary N) is 1. The molecule has 3 rings (SSSR count). The van der Waals surface area contributed by atoms with Gasteiger partial charge in [0, 0.05) is 12.3 Å². The quantitative estimate of drug-likeness (QED) is 0.441. The van der Waals surface area contributed by atoms with Gasteiger partial charge >= 0.3 is 21.3 Å². The molecule has 2 unspecified atom stereocenters. The van der Waals surface area contributed by atoms with Crippen molar-refractivity contribution in [3.05, 3.63) is 33.1 Å². The Labute approximate surface area is 138 Å². The van der Waals surface area contributed by atoms with Crippen LogP contribution in [-0.4, -0.2) is 44.3 Å². The maximum absolute atomic E-state index is 14.6. The highest BCUT2D eigenvalue weighted by Crippen LogP contribution is 2.63. The molecule has 0 spiro atoms. The first-order valence-electron chi connectivity index (χ1n) is 6.39. The zero-order chi connectivity index (χ0) is 17.7. The third-order valence-electron chi connectivity index (χ3n) is 3.26. The second-order valence-electron chi connectivity index (χ2n) is 4.91. The summed E-state index contributed by atoms with van der Waals surface area (Å²) in [5.41, 5.74) is -1.70. The van der Waals surface area contributed by atoms with E-state index in [-0.39, 0.29) is 6.15 Å². The molecule has 0 bridgehead atoms. The first-order valence-corrected chi connectivity index (χ1v) is 9.38. The Balaban J connectivity index is 0.00000225. The number of H-pyrrole nitrogens is 1. The van der Waals surface area contributed by atoms with Crippen LogP contribution in [0.5, 0.6) is 0 Å². The fourth-order valence-corrected chi connectivity index (χ4v) is 4.58. The van der Waals surface area contributed by atoms with E-state index in [0.717, 1.165) is 12.3 Å². The number of phosphoric ester groups is 2. The molecule has 25 heavy (non-hydrogen) atoms. The molecule has 2 aliphatic rings. The van der Waals surface area contributed by atoms with Crippen molar-refractivity contribution >= 4 is 15.6 Å². The van der Waals surface area contributed by atoms with Gasteiger partial charge in [0.05, 0.1) is 6.61 Å². The van der Waals surface area contributed by atoms with Gasteiger partial charge in [-0.25, -0.2) is 18.3 Å². The predicted octanol–water partition coefficient (Wildman–Crippen LogP) is -0.433. The highest BCUT2D eigenvalue weighted by molar-refractivity contribution is 7.61. The van der Waals surface area contributed by atoms with Crippen molar-refractivity contribution in [2.75, 3.05) is 6.61 Å². The number of nitrogens with zero attached hydrogens (tertiary/aromatic N) is 1. The number of hydrogen-bond acceptors (Lipinski definition) is 9. The van der Waals surface area contributed by atoms with Gasteiger partial charge in [-0.2, -0.15) is 4.31 Å². The normalized spacial score (nSPS) is 41.2. The largest absolute Gasteiger partial charge is 0.481 e. The Kier molecular flexibility index (Phi) is 5.50. The number of aromatic nitrogens is 2. The molecule has 0 aliphatic carbocycles. The van der Waals surface area contributed by atoms with E-state index in [1.807, 2.05) is 4.98 Å². The van der Waals surface area contributed by atoms with Gasteiger partial charge < -0.3 is 20.7 Å². The van der Waals surface area contributed by atoms with Crippen LogP contribution < -0.4 is 17.4 Å². The van der Waals surface area contributed by atoms with E-state index < -0.39 is 58.1 Å². The van der Waals surface area contributed by atoms with Crippen LogP contribution in [0.15, 0.2) is 21.9 Å². The maximum atomic E-state index is 14.6. The summed E-state index contributed by atoms with van der Waals surface area (Å²) in [6, 6.07) is 0.942. The minimum Gasteiger partial charge on any atom is -0.346 e. The summed E-state index contributed by atoms with van der Waals surface area (Å²) >= 11 is 0. The lowest BCUT2D eigenvalue weighted by Gasteiger charge is -2.26. The van der Waals surface area contributed by atoms with Crippen molar-refractivity contribution in [3.8, 4) is 0 Å². The number of aromatic amines is 1. The van der Waals surface area contributed by atoms with Gasteiger partial charge in [0.2, 0.25) is 0 Å². The summed E-state index contributed by atoms with van der Waals surface area (Å²) in [4.78, 5) is 43.3.